The summed E-state index contributed by atoms with van der Waals surface area (Å²) in [4.78, 5) is 2.44. The van der Waals surface area contributed by atoms with Crippen molar-refractivity contribution in [2.45, 2.75) is 19.3 Å². The molecule has 0 spiro atoms. The first-order valence-electron chi connectivity index (χ1n) is 17.9. The molecule has 10 aromatic rings. The van der Waals surface area contributed by atoms with Crippen molar-refractivity contribution in [2.75, 3.05) is 4.90 Å². The summed E-state index contributed by atoms with van der Waals surface area (Å²) in [5.74, 6) is 0. The Labute approximate surface area is 305 Å². The van der Waals surface area contributed by atoms with Crippen molar-refractivity contribution < 1.29 is 4.42 Å². The summed E-state index contributed by atoms with van der Waals surface area (Å²) in [7, 11) is 0. The first-order valence-corrected chi connectivity index (χ1v) is 18.7. The SMILES string of the molecule is CC1(C)c2ccccc2-c2c(N(c3ccc(-c4cc5ccccc5c5sc6ccccc6c45)cc3)c3ccc4oc5ccccc5c4c3)cccc21. The maximum absolute atomic E-state index is 6.28. The lowest BCUT2D eigenvalue weighted by Crippen LogP contribution is -2.16. The summed E-state index contributed by atoms with van der Waals surface area (Å²) < 4.78 is 8.95. The van der Waals surface area contributed by atoms with Crippen LogP contribution in [0.4, 0.5) is 17.1 Å². The van der Waals surface area contributed by atoms with Crippen molar-refractivity contribution in [2.24, 2.45) is 0 Å². The highest BCUT2D eigenvalue weighted by molar-refractivity contribution is 7.26. The molecule has 52 heavy (non-hydrogen) atoms. The van der Waals surface area contributed by atoms with E-state index in [-0.39, 0.29) is 5.41 Å². The monoisotopic (exact) mass is 683 g/mol. The van der Waals surface area contributed by atoms with Crippen molar-refractivity contribution in [1.29, 1.82) is 0 Å². The predicted octanol–water partition coefficient (Wildman–Crippen LogP) is 14.6. The molecule has 0 fully saturated rings. The van der Waals surface area contributed by atoms with Gasteiger partial charge in [0.2, 0.25) is 0 Å². The predicted molar refractivity (Wildman–Crippen MR) is 222 cm³/mol. The third kappa shape index (κ3) is 4.17. The fraction of sp³-hybridized carbons (Fsp3) is 0.0612. The summed E-state index contributed by atoms with van der Waals surface area (Å²) in [5.41, 5.74) is 12.9. The Morgan fingerprint density at radius 1 is 0.519 bits per heavy atom. The molecule has 246 valence electrons. The van der Waals surface area contributed by atoms with Crippen LogP contribution in [-0.4, -0.2) is 0 Å². The molecule has 2 aromatic heterocycles. The minimum Gasteiger partial charge on any atom is -0.456 e. The van der Waals surface area contributed by atoms with Gasteiger partial charge in [-0.3, -0.25) is 0 Å². The van der Waals surface area contributed by atoms with Gasteiger partial charge >= 0.3 is 0 Å². The standard InChI is InChI=1S/C49H33NOS/c1-49(2)40-17-8-5-15-36(40)47-41(49)18-11-19-42(47)50(33-26-27-44-39(29-33)35-14-6-9-20-43(35)51-44)32-24-22-30(23-25-32)38-28-31-12-3-4-13-34(31)48-46(38)37-16-7-10-21-45(37)52-48/h3-29H,1-2H3. The van der Waals surface area contributed by atoms with Gasteiger partial charge in [-0.25, -0.2) is 0 Å². The van der Waals surface area contributed by atoms with E-state index in [4.69, 9.17) is 4.42 Å². The van der Waals surface area contributed by atoms with Crippen molar-refractivity contribution in [3.63, 3.8) is 0 Å². The summed E-state index contributed by atoms with van der Waals surface area (Å²) in [5, 5.41) is 7.47. The first kappa shape index (κ1) is 29.6. The molecule has 1 aliphatic carbocycles. The molecule has 11 rings (SSSR count). The van der Waals surface area contributed by atoms with E-state index in [1.54, 1.807) is 0 Å². The Kier molecular flexibility index (Phi) is 6.21. The number of hydrogen-bond donors (Lipinski definition) is 0. The molecule has 0 bridgehead atoms. The molecule has 1 aliphatic rings. The van der Waals surface area contributed by atoms with Gasteiger partial charge in [-0.15, -0.1) is 11.3 Å². The van der Waals surface area contributed by atoms with Crippen LogP contribution in [0.5, 0.6) is 0 Å². The molecule has 8 aromatic carbocycles. The van der Waals surface area contributed by atoms with Crippen LogP contribution < -0.4 is 4.90 Å². The second-order valence-electron chi connectivity index (χ2n) is 14.5. The summed E-state index contributed by atoms with van der Waals surface area (Å²) >= 11 is 1.89. The second kappa shape index (κ2) is 10.9. The van der Waals surface area contributed by atoms with Gasteiger partial charge in [0.25, 0.3) is 0 Å². The average Bonchev–Trinajstić information content (AvgIpc) is 3.84. The molecule has 3 heteroatoms. The summed E-state index contributed by atoms with van der Waals surface area (Å²) in [6.07, 6.45) is 0. The first-order chi connectivity index (χ1) is 25.5. The lowest BCUT2D eigenvalue weighted by molar-refractivity contribution is 0.660. The van der Waals surface area contributed by atoms with Gasteiger partial charge < -0.3 is 9.32 Å². The van der Waals surface area contributed by atoms with Crippen LogP contribution in [0, 0.1) is 0 Å². The fourth-order valence-electron chi connectivity index (χ4n) is 8.78. The van der Waals surface area contributed by atoms with Crippen LogP contribution in [0.2, 0.25) is 0 Å². The Morgan fingerprint density at radius 2 is 1.21 bits per heavy atom. The number of rotatable bonds is 4. The van der Waals surface area contributed by atoms with Crippen LogP contribution in [0.25, 0.3) is 75.1 Å². The molecule has 0 saturated carbocycles. The number of thiophene rings is 1. The number of anilines is 3. The molecule has 2 heterocycles. The normalized spacial score (nSPS) is 13.3. The molecule has 0 atom stereocenters. The van der Waals surface area contributed by atoms with E-state index in [1.807, 2.05) is 17.4 Å². The zero-order valence-corrected chi connectivity index (χ0v) is 29.7. The van der Waals surface area contributed by atoms with Gasteiger partial charge in [-0.1, -0.05) is 123 Å². The highest BCUT2D eigenvalue weighted by Crippen LogP contribution is 2.54. The molecule has 0 N–H and O–H groups in total. The smallest absolute Gasteiger partial charge is 0.135 e. The Bertz CT molecular complexity index is 3050. The number of fused-ring (bicyclic) bond motifs is 11. The molecule has 2 nitrogen and oxygen atoms in total. The van der Waals surface area contributed by atoms with Gasteiger partial charge in [-0.05, 0) is 93.2 Å². The second-order valence-corrected chi connectivity index (χ2v) is 15.5. The highest BCUT2D eigenvalue weighted by atomic mass is 32.1. The Morgan fingerprint density at radius 3 is 2.10 bits per heavy atom. The lowest BCUT2D eigenvalue weighted by atomic mass is 9.82. The van der Waals surface area contributed by atoms with E-state index < -0.39 is 0 Å². The van der Waals surface area contributed by atoms with E-state index in [9.17, 15) is 0 Å². The number of hydrogen-bond acceptors (Lipinski definition) is 3. The minimum absolute atomic E-state index is 0.104. The Hall–Kier alpha value is -6.16. The average molecular weight is 684 g/mol. The van der Waals surface area contributed by atoms with Crippen LogP contribution in [-0.2, 0) is 5.41 Å². The van der Waals surface area contributed by atoms with Crippen LogP contribution in [0.15, 0.2) is 168 Å². The topological polar surface area (TPSA) is 16.4 Å². The van der Waals surface area contributed by atoms with E-state index in [0.29, 0.717) is 0 Å². The number of nitrogens with zero attached hydrogens (tertiary/aromatic N) is 1. The van der Waals surface area contributed by atoms with Gasteiger partial charge in [-0.2, -0.15) is 0 Å². The minimum atomic E-state index is -0.104. The lowest BCUT2D eigenvalue weighted by Gasteiger charge is -2.29. The molecule has 0 aliphatic heterocycles. The third-order valence-corrected chi connectivity index (χ3v) is 12.5. The molecular formula is C49H33NOS. The number of benzene rings is 8. The highest BCUT2D eigenvalue weighted by Gasteiger charge is 2.37. The van der Waals surface area contributed by atoms with Gasteiger partial charge in [0.1, 0.15) is 11.2 Å². The van der Waals surface area contributed by atoms with Crippen LogP contribution >= 0.6 is 11.3 Å². The Balaban J connectivity index is 1.14. The quantitative estimate of drug-likeness (QED) is 0.184. The number of furan rings is 1. The van der Waals surface area contributed by atoms with Crippen molar-refractivity contribution >= 4 is 81.3 Å². The van der Waals surface area contributed by atoms with E-state index >= 15 is 0 Å². The largest absolute Gasteiger partial charge is 0.456 e. The van der Waals surface area contributed by atoms with Crippen molar-refractivity contribution in [3.8, 4) is 22.3 Å². The molecule has 0 radical (unpaired) electrons. The van der Waals surface area contributed by atoms with Gasteiger partial charge in [0.15, 0.2) is 0 Å². The van der Waals surface area contributed by atoms with E-state index in [2.05, 4.69) is 176 Å². The maximum atomic E-state index is 6.28. The van der Waals surface area contributed by atoms with E-state index in [1.165, 1.54) is 70.0 Å². The van der Waals surface area contributed by atoms with Crippen LogP contribution in [0.1, 0.15) is 25.0 Å². The molecule has 0 amide bonds. The molecular weight excluding hydrogens is 651 g/mol. The van der Waals surface area contributed by atoms with Gasteiger partial charge in [0.05, 0.1) is 5.69 Å². The molecule has 0 unspecified atom stereocenters. The van der Waals surface area contributed by atoms with E-state index in [0.717, 1.165) is 33.3 Å². The zero-order chi connectivity index (χ0) is 34.6. The van der Waals surface area contributed by atoms with Gasteiger partial charge in [0, 0.05) is 53.3 Å². The van der Waals surface area contributed by atoms with Crippen molar-refractivity contribution in [1.82, 2.24) is 0 Å². The summed E-state index contributed by atoms with van der Waals surface area (Å²) in [6, 6.07) is 59.9. The zero-order valence-electron chi connectivity index (χ0n) is 28.9. The maximum Gasteiger partial charge on any atom is 0.135 e. The number of para-hydroxylation sites is 1. The summed E-state index contributed by atoms with van der Waals surface area (Å²) in [6.45, 7) is 4.70. The third-order valence-electron chi connectivity index (χ3n) is 11.3. The van der Waals surface area contributed by atoms with Crippen molar-refractivity contribution in [3.05, 3.63) is 175 Å². The molecule has 0 saturated heterocycles. The van der Waals surface area contributed by atoms with Crippen LogP contribution in [0.3, 0.4) is 0 Å². The fourth-order valence-corrected chi connectivity index (χ4v) is 10.0.